The molecule has 1 fully saturated rings. The van der Waals surface area contributed by atoms with E-state index in [1.54, 1.807) is 0 Å². The minimum absolute atomic E-state index is 0. The van der Waals surface area contributed by atoms with Crippen LogP contribution < -0.4 is 0 Å². The van der Waals surface area contributed by atoms with Gasteiger partial charge in [0.2, 0.25) is 0 Å². The van der Waals surface area contributed by atoms with Gasteiger partial charge in [0.15, 0.2) is 0 Å². The summed E-state index contributed by atoms with van der Waals surface area (Å²) in [6, 6.07) is 0. The molecule has 44 valence electrons. The monoisotopic (exact) mass is 109 g/mol. The molecular weight excluding hydrogens is 84.1 g/mol. The summed E-state index contributed by atoms with van der Waals surface area (Å²) in [6.07, 6.45) is -8.22. The first-order valence-corrected chi connectivity index (χ1v) is 1.75. The molecule has 0 bridgehead atoms. The first-order chi connectivity index (χ1) is 6.25. The normalized spacial score (nSPS) is 67.3. The summed E-state index contributed by atoms with van der Waals surface area (Å²) in [6.45, 7) is -1.95. The molecule has 1 rings (SSSR count). The third-order valence-electron chi connectivity index (χ3n) is 0.625. The lowest BCUT2D eigenvalue weighted by atomic mass is 9.72. The molecule has 0 aromatic rings. The zero-order valence-corrected chi connectivity index (χ0v) is 3.50. The largest absolute Gasteiger partial charge is 0.0776 e. The highest BCUT2D eigenvalue weighted by Crippen LogP contribution is 2.38. The molecule has 0 aliphatic heterocycles. The minimum Gasteiger partial charge on any atom is -0.0776 e. The maximum Gasteiger partial charge on any atom is 0.0272 e. The molecule has 0 radical (unpaired) electrons. The number of rotatable bonds is 0. The molecule has 1 saturated carbocycles. The fourth-order valence-corrected chi connectivity index (χ4v) is 0.250. The highest BCUT2D eigenvalue weighted by Gasteiger charge is 2.24. The Hall–Kier alpha value is 0. The molecule has 0 N–H and O–H groups in total. The Kier molecular flexibility index (Phi) is 0.296. The Morgan fingerprint density at radius 1 is 1.71 bits per heavy atom. The topological polar surface area (TPSA) is 0 Å². The second-order valence-corrected chi connectivity index (χ2v) is 1.50. The molecule has 1 aliphatic rings. The van der Waals surface area contributed by atoms with Gasteiger partial charge in [-0.2, -0.15) is 0 Å². The van der Waals surface area contributed by atoms with E-state index in [4.69, 9.17) is 12.3 Å². The van der Waals surface area contributed by atoms with Gasteiger partial charge in [0.1, 0.15) is 0 Å². The molecule has 7 heavy (non-hydrogen) atoms. The van der Waals surface area contributed by atoms with Gasteiger partial charge >= 0.3 is 0 Å². The summed E-state index contributed by atoms with van der Waals surface area (Å²) >= 11 is 0. The van der Waals surface area contributed by atoms with Crippen molar-refractivity contribution in [2.75, 3.05) is 0 Å². The summed E-state index contributed by atoms with van der Waals surface area (Å²) < 4.78 is 65.7. The molecule has 0 aromatic heterocycles. The molecule has 0 aromatic carbocycles. The zero-order chi connectivity index (χ0) is 12.5. The van der Waals surface area contributed by atoms with Gasteiger partial charge in [-0.1, -0.05) is 27.6 Å². The predicted molar refractivity (Wildman–Crippen MR) is 34.4 cm³/mol. The van der Waals surface area contributed by atoms with Gasteiger partial charge in [0.05, 0.1) is 0 Å². The van der Waals surface area contributed by atoms with E-state index in [9.17, 15) is 0 Å². The van der Waals surface area contributed by atoms with Crippen molar-refractivity contribution >= 4 is 0 Å². The minimum atomic E-state index is -2.88. The Bertz CT molecular complexity index is 269. The van der Waals surface area contributed by atoms with E-state index in [-0.39, 0.29) is 7.43 Å². The van der Waals surface area contributed by atoms with Crippen molar-refractivity contribution in [1.82, 2.24) is 0 Å². The van der Waals surface area contributed by atoms with Gasteiger partial charge in [-0.3, -0.25) is 0 Å². The lowest BCUT2D eigenvalue weighted by Crippen LogP contribution is -2.20. The van der Waals surface area contributed by atoms with E-state index in [2.05, 4.69) is 0 Å². The van der Waals surface area contributed by atoms with Gasteiger partial charge in [-0.05, 0) is 18.2 Å². The van der Waals surface area contributed by atoms with E-state index in [1.165, 1.54) is 0 Å². The van der Waals surface area contributed by atoms with Crippen LogP contribution in [-0.2, 0) is 0 Å². The average Bonchev–Trinajstić information content (AvgIpc) is 1.98. The van der Waals surface area contributed by atoms with Crippen molar-refractivity contribution in [3.63, 3.8) is 0 Å². The summed E-state index contributed by atoms with van der Waals surface area (Å²) in [5.74, 6) is 0. The summed E-state index contributed by atoms with van der Waals surface area (Å²) in [7, 11) is 0. The van der Waals surface area contributed by atoms with Crippen LogP contribution in [-0.4, -0.2) is 0 Å². The van der Waals surface area contributed by atoms with Crippen LogP contribution in [0.25, 0.3) is 0 Å². The maximum atomic E-state index is 7.43. The van der Waals surface area contributed by atoms with Gasteiger partial charge in [0.25, 0.3) is 0 Å². The van der Waals surface area contributed by atoms with E-state index < -0.39 is 31.4 Å². The summed E-state index contributed by atoms with van der Waals surface area (Å²) in [4.78, 5) is 0. The molecule has 0 unspecified atom stereocenters. The molecule has 1 aliphatic carbocycles. The smallest absolute Gasteiger partial charge is 0.0272 e. The quantitative estimate of drug-likeness (QED) is 0.448. The highest BCUT2D eigenvalue weighted by atomic mass is 14.3. The Morgan fingerprint density at radius 3 is 2.57 bits per heavy atom. The highest BCUT2D eigenvalue weighted by molar-refractivity contribution is 4.77. The van der Waals surface area contributed by atoms with Crippen molar-refractivity contribution in [2.45, 2.75) is 40.3 Å². The molecular formula is C7H16. The average molecular weight is 109 g/mol. The van der Waals surface area contributed by atoms with Crippen LogP contribution in [0.5, 0.6) is 0 Å². The SMILES string of the molecule is C.[2H]C([2H])([2H])C1(C)C([2H])([2H])C([2H])([2H])C1([2H])[2H]. The summed E-state index contributed by atoms with van der Waals surface area (Å²) in [5.41, 5.74) is -2.32. The van der Waals surface area contributed by atoms with Gasteiger partial charge < -0.3 is 0 Å². The second kappa shape index (κ2) is 1.85. The molecule has 0 saturated heterocycles. The van der Waals surface area contributed by atoms with Crippen LogP contribution in [0.1, 0.15) is 52.7 Å². The van der Waals surface area contributed by atoms with Gasteiger partial charge in [0, 0.05) is 12.3 Å². The van der Waals surface area contributed by atoms with E-state index in [1.807, 2.05) is 0 Å². The van der Waals surface area contributed by atoms with Crippen LogP contribution in [0.3, 0.4) is 0 Å². The first-order valence-electron chi connectivity index (χ1n) is 6.25. The third-order valence-corrected chi connectivity index (χ3v) is 0.625. The van der Waals surface area contributed by atoms with Crippen molar-refractivity contribution in [1.29, 1.82) is 0 Å². The Balaban J connectivity index is 0.00000225. The van der Waals surface area contributed by atoms with Gasteiger partial charge in [-0.15, -0.1) is 0 Å². The van der Waals surface area contributed by atoms with Crippen molar-refractivity contribution < 1.29 is 12.3 Å². The third kappa shape index (κ3) is 1.50. The van der Waals surface area contributed by atoms with E-state index >= 15 is 0 Å². The molecule has 0 amide bonds. The molecule has 0 heterocycles. The Labute approximate surface area is 59.6 Å². The van der Waals surface area contributed by atoms with E-state index in [0.29, 0.717) is 0 Å². The number of hydrogen-bond donors (Lipinski definition) is 0. The fourth-order valence-electron chi connectivity index (χ4n) is 0.250. The standard InChI is InChI=1S/C6H12.CH4/c1-6(2)4-3-5-6;/h3-5H2,1-2H3;1H4/i1D3,3D2,4D2,5D2;. The molecule has 0 atom stereocenters. The van der Waals surface area contributed by atoms with Crippen LogP contribution >= 0.6 is 0 Å². The first kappa shape index (κ1) is 1.12. The van der Waals surface area contributed by atoms with Crippen molar-refractivity contribution in [2.24, 2.45) is 5.41 Å². The van der Waals surface area contributed by atoms with E-state index in [0.717, 1.165) is 6.92 Å². The maximum absolute atomic E-state index is 7.43. The predicted octanol–water partition coefficient (Wildman–Crippen LogP) is 2.83. The molecule has 0 nitrogen and oxygen atoms in total. The number of hydrogen-bond acceptors (Lipinski definition) is 0. The molecule has 0 spiro atoms. The lowest BCUT2D eigenvalue weighted by Gasteiger charge is -2.33. The van der Waals surface area contributed by atoms with Crippen LogP contribution in [0.2, 0.25) is 0 Å². The van der Waals surface area contributed by atoms with Crippen LogP contribution in [0, 0.1) is 5.41 Å². The lowest BCUT2D eigenvalue weighted by molar-refractivity contribution is 0.190. The van der Waals surface area contributed by atoms with Crippen molar-refractivity contribution in [3.05, 3.63) is 0 Å². The summed E-state index contributed by atoms with van der Waals surface area (Å²) in [5, 5.41) is 0. The zero-order valence-electron chi connectivity index (χ0n) is 12.5. The van der Waals surface area contributed by atoms with Crippen molar-refractivity contribution in [3.8, 4) is 0 Å². The van der Waals surface area contributed by atoms with Crippen LogP contribution in [0.4, 0.5) is 0 Å². The van der Waals surface area contributed by atoms with Gasteiger partial charge in [-0.25, -0.2) is 0 Å². The fraction of sp³-hybridized carbons (Fsp3) is 1.00. The molecule has 0 heteroatoms. The van der Waals surface area contributed by atoms with Crippen LogP contribution in [0.15, 0.2) is 0 Å². The Morgan fingerprint density at radius 2 is 2.29 bits per heavy atom. The second-order valence-electron chi connectivity index (χ2n) is 1.50.